The van der Waals surface area contributed by atoms with Crippen molar-refractivity contribution in [2.24, 2.45) is 5.41 Å². The van der Waals surface area contributed by atoms with Crippen LogP contribution in [0.15, 0.2) is 24.3 Å². The van der Waals surface area contributed by atoms with Crippen molar-refractivity contribution in [1.82, 2.24) is 5.32 Å². The third-order valence-corrected chi connectivity index (χ3v) is 2.54. The first-order chi connectivity index (χ1) is 7.53. The van der Waals surface area contributed by atoms with Gasteiger partial charge >= 0.3 is 0 Å². The first-order valence-electron chi connectivity index (χ1n) is 5.59. The van der Waals surface area contributed by atoms with Crippen molar-refractivity contribution in [3.05, 3.63) is 35.6 Å². The van der Waals surface area contributed by atoms with E-state index in [0.717, 1.165) is 25.1 Å². The maximum absolute atomic E-state index is 12.6. The summed E-state index contributed by atoms with van der Waals surface area (Å²) < 4.78 is 12.6. The molecule has 0 bridgehead atoms. The Balaban J connectivity index is 2.23. The smallest absolute Gasteiger partial charge is 0.123 e. The van der Waals surface area contributed by atoms with Gasteiger partial charge in [-0.3, -0.25) is 0 Å². The summed E-state index contributed by atoms with van der Waals surface area (Å²) in [5.41, 5.74) is 1.04. The van der Waals surface area contributed by atoms with Gasteiger partial charge < -0.3 is 10.4 Å². The van der Waals surface area contributed by atoms with E-state index in [1.807, 2.05) is 13.8 Å². The molecule has 0 aliphatic rings. The first kappa shape index (κ1) is 13.1. The Labute approximate surface area is 96.5 Å². The second-order valence-corrected chi connectivity index (χ2v) is 4.88. The van der Waals surface area contributed by atoms with Gasteiger partial charge in [-0.1, -0.05) is 26.0 Å². The summed E-state index contributed by atoms with van der Waals surface area (Å²) in [6.45, 7) is 5.83. The third-order valence-electron chi connectivity index (χ3n) is 2.54. The van der Waals surface area contributed by atoms with Gasteiger partial charge in [0.2, 0.25) is 0 Å². The molecule has 0 amide bonds. The number of halogens is 1. The Bertz CT molecular complexity index is 308. The fourth-order valence-electron chi connectivity index (χ4n) is 1.37. The van der Waals surface area contributed by atoms with Crippen molar-refractivity contribution in [3.63, 3.8) is 0 Å². The van der Waals surface area contributed by atoms with E-state index in [1.54, 1.807) is 12.1 Å². The van der Waals surface area contributed by atoms with E-state index in [2.05, 4.69) is 5.32 Å². The lowest BCUT2D eigenvalue weighted by Gasteiger charge is -2.21. The van der Waals surface area contributed by atoms with Gasteiger partial charge in [0.15, 0.2) is 0 Å². The Morgan fingerprint density at radius 2 is 1.88 bits per heavy atom. The maximum Gasteiger partial charge on any atom is 0.123 e. The second-order valence-electron chi connectivity index (χ2n) is 4.88. The number of hydrogen-bond donors (Lipinski definition) is 2. The summed E-state index contributed by atoms with van der Waals surface area (Å²) in [5.74, 6) is -0.196. The largest absolute Gasteiger partial charge is 0.396 e. The number of aliphatic hydroxyl groups is 1. The summed E-state index contributed by atoms with van der Waals surface area (Å²) in [5, 5.41) is 12.3. The Morgan fingerprint density at radius 3 is 2.44 bits per heavy atom. The van der Waals surface area contributed by atoms with Crippen molar-refractivity contribution in [2.75, 3.05) is 19.7 Å². The highest BCUT2D eigenvalue weighted by molar-refractivity contribution is 5.16. The Hall–Kier alpha value is -0.930. The Kier molecular flexibility index (Phi) is 4.90. The van der Waals surface area contributed by atoms with Gasteiger partial charge in [-0.15, -0.1) is 0 Å². The van der Waals surface area contributed by atoms with Gasteiger partial charge in [-0.25, -0.2) is 4.39 Å². The average molecular weight is 225 g/mol. The van der Waals surface area contributed by atoms with Gasteiger partial charge in [0.1, 0.15) is 5.82 Å². The highest BCUT2D eigenvalue weighted by Gasteiger charge is 2.14. The molecule has 0 radical (unpaired) electrons. The molecule has 0 aliphatic carbocycles. The molecule has 90 valence electrons. The van der Waals surface area contributed by atoms with E-state index < -0.39 is 0 Å². The minimum atomic E-state index is -0.196. The normalized spacial score (nSPS) is 11.8. The maximum atomic E-state index is 12.6. The van der Waals surface area contributed by atoms with Crippen LogP contribution in [-0.4, -0.2) is 24.8 Å². The minimum Gasteiger partial charge on any atom is -0.396 e. The van der Waals surface area contributed by atoms with Crippen LogP contribution in [0.2, 0.25) is 0 Å². The fraction of sp³-hybridized carbons (Fsp3) is 0.538. The van der Waals surface area contributed by atoms with Gasteiger partial charge in [0.05, 0.1) is 0 Å². The van der Waals surface area contributed by atoms with Gasteiger partial charge in [0.25, 0.3) is 0 Å². The molecule has 0 atom stereocenters. The number of benzene rings is 1. The Morgan fingerprint density at radius 1 is 1.25 bits per heavy atom. The number of nitrogens with one attached hydrogen (secondary N) is 1. The van der Waals surface area contributed by atoms with Gasteiger partial charge in [0, 0.05) is 18.6 Å². The van der Waals surface area contributed by atoms with E-state index >= 15 is 0 Å². The predicted molar refractivity (Wildman–Crippen MR) is 63.8 cm³/mol. The molecule has 0 saturated carbocycles. The lowest BCUT2D eigenvalue weighted by atomic mass is 9.95. The van der Waals surface area contributed by atoms with Crippen LogP contribution in [0.25, 0.3) is 0 Å². The van der Waals surface area contributed by atoms with Crippen LogP contribution in [0.1, 0.15) is 19.4 Å². The molecule has 0 aromatic heterocycles. The van der Waals surface area contributed by atoms with Crippen molar-refractivity contribution < 1.29 is 9.50 Å². The molecule has 2 nitrogen and oxygen atoms in total. The molecule has 3 heteroatoms. The molecule has 1 aromatic rings. The van der Waals surface area contributed by atoms with Crippen molar-refractivity contribution in [1.29, 1.82) is 0 Å². The zero-order chi connectivity index (χ0) is 12.0. The first-order valence-corrected chi connectivity index (χ1v) is 5.59. The standard InChI is InChI=1S/C13H20FNO/c1-13(2,10-16)9-15-8-7-11-3-5-12(14)6-4-11/h3-6,15-16H,7-10H2,1-2H3. The molecule has 0 aliphatic heterocycles. The summed E-state index contributed by atoms with van der Waals surface area (Å²) in [4.78, 5) is 0. The quantitative estimate of drug-likeness (QED) is 0.726. The number of hydrogen-bond acceptors (Lipinski definition) is 2. The van der Waals surface area contributed by atoms with Crippen molar-refractivity contribution in [3.8, 4) is 0 Å². The SMILES string of the molecule is CC(C)(CO)CNCCc1ccc(F)cc1. The molecular formula is C13H20FNO. The van der Waals surface area contributed by atoms with Crippen LogP contribution < -0.4 is 5.32 Å². The summed E-state index contributed by atoms with van der Waals surface area (Å²) in [6.07, 6.45) is 0.877. The van der Waals surface area contributed by atoms with E-state index in [0.29, 0.717) is 0 Å². The van der Waals surface area contributed by atoms with E-state index in [9.17, 15) is 4.39 Å². The number of aliphatic hydroxyl groups excluding tert-OH is 1. The zero-order valence-electron chi connectivity index (χ0n) is 9.96. The summed E-state index contributed by atoms with van der Waals surface area (Å²) >= 11 is 0. The van der Waals surface area contributed by atoms with Crippen LogP contribution in [0.4, 0.5) is 4.39 Å². The third kappa shape index (κ3) is 4.73. The molecule has 0 fully saturated rings. The van der Waals surface area contributed by atoms with Crippen LogP contribution in [0, 0.1) is 11.2 Å². The van der Waals surface area contributed by atoms with Crippen molar-refractivity contribution >= 4 is 0 Å². The molecule has 16 heavy (non-hydrogen) atoms. The molecule has 0 unspecified atom stereocenters. The molecule has 1 rings (SSSR count). The molecule has 0 spiro atoms. The van der Waals surface area contributed by atoms with Crippen LogP contribution in [0.3, 0.4) is 0 Å². The van der Waals surface area contributed by atoms with Crippen LogP contribution in [-0.2, 0) is 6.42 Å². The number of rotatable bonds is 6. The second kappa shape index (κ2) is 5.97. The highest BCUT2D eigenvalue weighted by Crippen LogP contribution is 2.11. The van der Waals surface area contributed by atoms with E-state index in [1.165, 1.54) is 12.1 Å². The van der Waals surface area contributed by atoms with Crippen molar-refractivity contribution in [2.45, 2.75) is 20.3 Å². The highest BCUT2D eigenvalue weighted by atomic mass is 19.1. The van der Waals surface area contributed by atoms with E-state index in [4.69, 9.17) is 5.11 Å². The summed E-state index contributed by atoms with van der Waals surface area (Å²) in [7, 11) is 0. The van der Waals surface area contributed by atoms with Gasteiger partial charge in [-0.2, -0.15) is 0 Å². The van der Waals surface area contributed by atoms with Crippen LogP contribution in [0.5, 0.6) is 0 Å². The predicted octanol–water partition coefficient (Wildman–Crippen LogP) is 1.98. The van der Waals surface area contributed by atoms with Crippen LogP contribution >= 0.6 is 0 Å². The molecular weight excluding hydrogens is 205 g/mol. The monoisotopic (exact) mass is 225 g/mol. The topological polar surface area (TPSA) is 32.3 Å². The lowest BCUT2D eigenvalue weighted by Crippen LogP contribution is -2.33. The lowest BCUT2D eigenvalue weighted by molar-refractivity contribution is 0.157. The molecule has 1 aromatic carbocycles. The molecule has 0 saturated heterocycles. The fourth-order valence-corrected chi connectivity index (χ4v) is 1.37. The molecule has 2 N–H and O–H groups in total. The minimum absolute atomic E-state index is 0.0806. The van der Waals surface area contributed by atoms with Gasteiger partial charge in [-0.05, 0) is 30.7 Å². The summed E-state index contributed by atoms with van der Waals surface area (Å²) in [6, 6.07) is 6.56. The average Bonchev–Trinajstić information content (AvgIpc) is 2.27. The molecule has 0 heterocycles. The van der Waals surface area contributed by atoms with E-state index in [-0.39, 0.29) is 17.8 Å². The zero-order valence-corrected chi connectivity index (χ0v) is 9.96.